The fourth-order valence-corrected chi connectivity index (χ4v) is 3.38. The van der Waals surface area contributed by atoms with Gasteiger partial charge in [-0.25, -0.2) is 4.98 Å². The number of anilines is 3. The Bertz CT molecular complexity index is 1080. The molecular weight excluding hydrogens is 421 g/mol. The highest BCUT2D eigenvalue weighted by Gasteiger charge is 2.31. The van der Waals surface area contributed by atoms with Gasteiger partial charge in [0.25, 0.3) is 5.91 Å². The molecular formula is C22H21F3N6O. The highest BCUT2D eigenvalue weighted by atomic mass is 19.4. The molecule has 3 heterocycles. The number of carbonyl (C=O) groups excluding carboxylic acids is 1. The predicted octanol–water partition coefficient (Wildman–Crippen LogP) is 3.90. The summed E-state index contributed by atoms with van der Waals surface area (Å²) < 4.78 is 38.8. The van der Waals surface area contributed by atoms with Crippen LogP contribution in [-0.2, 0) is 6.18 Å². The number of carbonyl (C=O) groups is 1. The van der Waals surface area contributed by atoms with Crippen LogP contribution in [0.15, 0.2) is 54.7 Å². The molecule has 1 fully saturated rings. The van der Waals surface area contributed by atoms with Gasteiger partial charge in [0, 0.05) is 37.9 Å². The van der Waals surface area contributed by atoms with E-state index in [-0.39, 0.29) is 5.56 Å². The van der Waals surface area contributed by atoms with Gasteiger partial charge in [0.1, 0.15) is 5.82 Å². The van der Waals surface area contributed by atoms with Crippen LogP contribution in [0.3, 0.4) is 0 Å². The molecule has 1 saturated heterocycles. The Morgan fingerprint density at radius 2 is 1.72 bits per heavy atom. The van der Waals surface area contributed by atoms with Crippen LogP contribution in [0.25, 0.3) is 0 Å². The van der Waals surface area contributed by atoms with Crippen LogP contribution in [-0.4, -0.2) is 52.2 Å². The molecule has 166 valence electrons. The average Bonchev–Trinajstić information content (AvgIpc) is 2.80. The minimum absolute atomic E-state index is 0.0354. The number of pyridine rings is 1. The van der Waals surface area contributed by atoms with Crippen molar-refractivity contribution >= 4 is 23.4 Å². The number of hydrogen-bond donors (Lipinski definition) is 1. The molecule has 1 aromatic carbocycles. The largest absolute Gasteiger partial charge is 0.416 e. The maximum atomic E-state index is 12.9. The van der Waals surface area contributed by atoms with E-state index < -0.39 is 17.6 Å². The van der Waals surface area contributed by atoms with Crippen molar-refractivity contribution in [3.63, 3.8) is 0 Å². The molecule has 4 rings (SSSR count). The Balaban J connectivity index is 1.35. The van der Waals surface area contributed by atoms with E-state index in [1.807, 2.05) is 30.0 Å². The Labute approximate surface area is 182 Å². The van der Waals surface area contributed by atoms with Crippen molar-refractivity contribution in [1.82, 2.24) is 20.1 Å². The summed E-state index contributed by atoms with van der Waals surface area (Å²) in [4.78, 5) is 20.5. The Morgan fingerprint density at radius 3 is 2.34 bits per heavy atom. The normalized spacial score (nSPS) is 14.4. The number of halogens is 3. The van der Waals surface area contributed by atoms with Crippen molar-refractivity contribution in [2.24, 2.45) is 0 Å². The SMILES string of the molecule is Cc1ccc(Nc2ccc(N3CCN(C(=O)c4cccc(C(F)(F)F)c4)CC3)nn2)nc1. The first kappa shape index (κ1) is 21.5. The van der Waals surface area contributed by atoms with Gasteiger partial charge < -0.3 is 15.1 Å². The summed E-state index contributed by atoms with van der Waals surface area (Å²) in [6.45, 7) is 3.73. The monoisotopic (exact) mass is 442 g/mol. The number of amides is 1. The summed E-state index contributed by atoms with van der Waals surface area (Å²) in [7, 11) is 0. The number of nitrogens with one attached hydrogen (secondary N) is 1. The average molecular weight is 442 g/mol. The summed E-state index contributed by atoms with van der Waals surface area (Å²) in [5.41, 5.74) is 0.266. The molecule has 0 saturated carbocycles. The summed E-state index contributed by atoms with van der Waals surface area (Å²) in [6, 6.07) is 11.9. The van der Waals surface area contributed by atoms with Gasteiger partial charge in [0.05, 0.1) is 5.56 Å². The van der Waals surface area contributed by atoms with E-state index in [0.717, 1.165) is 17.7 Å². The van der Waals surface area contributed by atoms with Crippen LogP contribution in [0.5, 0.6) is 0 Å². The molecule has 0 atom stereocenters. The first-order chi connectivity index (χ1) is 15.3. The molecule has 3 aromatic rings. The molecule has 1 amide bonds. The lowest BCUT2D eigenvalue weighted by Gasteiger charge is -2.35. The van der Waals surface area contributed by atoms with E-state index >= 15 is 0 Å². The van der Waals surface area contributed by atoms with Crippen LogP contribution < -0.4 is 10.2 Å². The van der Waals surface area contributed by atoms with Gasteiger partial charge in [-0.1, -0.05) is 12.1 Å². The van der Waals surface area contributed by atoms with Gasteiger partial charge in [-0.05, 0) is 48.9 Å². The van der Waals surface area contributed by atoms with Crippen LogP contribution in [0.4, 0.5) is 30.6 Å². The minimum Gasteiger partial charge on any atom is -0.352 e. The molecule has 1 aliphatic rings. The van der Waals surface area contributed by atoms with Gasteiger partial charge in [0.2, 0.25) is 0 Å². The fourth-order valence-electron chi connectivity index (χ4n) is 3.38. The number of piperazine rings is 1. The third-order valence-corrected chi connectivity index (χ3v) is 5.15. The first-order valence-corrected chi connectivity index (χ1v) is 10.0. The molecule has 0 radical (unpaired) electrons. The van der Waals surface area contributed by atoms with E-state index in [9.17, 15) is 18.0 Å². The minimum atomic E-state index is -4.48. The van der Waals surface area contributed by atoms with Crippen molar-refractivity contribution in [2.75, 3.05) is 36.4 Å². The first-order valence-electron chi connectivity index (χ1n) is 10.0. The third kappa shape index (κ3) is 4.96. The number of hydrogen-bond acceptors (Lipinski definition) is 6. The van der Waals surface area contributed by atoms with Gasteiger partial charge in [-0.3, -0.25) is 4.79 Å². The summed E-state index contributed by atoms with van der Waals surface area (Å²) in [5, 5.41) is 11.5. The number of aryl methyl sites for hydroxylation is 1. The molecule has 7 nitrogen and oxygen atoms in total. The zero-order valence-electron chi connectivity index (χ0n) is 17.3. The van der Waals surface area contributed by atoms with Gasteiger partial charge in [-0.15, -0.1) is 10.2 Å². The van der Waals surface area contributed by atoms with Crippen molar-refractivity contribution in [3.05, 3.63) is 71.4 Å². The zero-order valence-corrected chi connectivity index (χ0v) is 17.3. The van der Waals surface area contributed by atoms with Gasteiger partial charge in [-0.2, -0.15) is 13.2 Å². The molecule has 10 heteroatoms. The maximum absolute atomic E-state index is 12.9. The quantitative estimate of drug-likeness (QED) is 0.661. The Kier molecular flexibility index (Phi) is 5.93. The molecule has 0 unspecified atom stereocenters. The maximum Gasteiger partial charge on any atom is 0.416 e. The standard InChI is InChI=1S/C22H21F3N6O/c1-15-5-6-18(26-14-15)27-19-7-8-20(29-28-19)30-9-11-31(12-10-30)21(32)16-3-2-4-17(13-16)22(23,24)25/h2-8,13-14H,9-12H2,1H3,(H,26,27,28). The molecule has 2 aromatic heterocycles. The Morgan fingerprint density at radius 1 is 0.969 bits per heavy atom. The lowest BCUT2D eigenvalue weighted by molar-refractivity contribution is -0.137. The molecule has 32 heavy (non-hydrogen) atoms. The topological polar surface area (TPSA) is 74.2 Å². The van der Waals surface area contributed by atoms with E-state index in [1.54, 1.807) is 17.2 Å². The molecule has 1 N–H and O–H groups in total. The summed E-state index contributed by atoms with van der Waals surface area (Å²) >= 11 is 0. The lowest BCUT2D eigenvalue weighted by atomic mass is 10.1. The molecule has 0 bridgehead atoms. The van der Waals surface area contributed by atoms with Gasteiger partial charge in [0.15, 0.2) is 11.6 Å². The summed E-state index contributed by atoms with van der Waals surface area (Å²) in [5.74, 6) is 1.48. The number of benzene rings is 1. The third-order valence-electron chi connectivity index (χ3n) is 5.15. The number of alkyl halides is 3. The van der Waals surface area contributed by atoms with Crippen molar-refractivity contribution in [2.45, 2.75) is 13.1 Å². The lowest BCUT2D eigenvalue weighted by Crippen LogP contribution is -2.49. The second-order valence-corrected chi connectivity index (χ2v) is 7.48. The van der Waals surface area contributed by atoms with Crippen LogP contribution in [0, 0.1) is 6.92 Å². The second kappa shape index (κ2) is 8.81. The van der Waals surface area contributed by atoms with E-state index in [2.05, 4.69) is 20.5 Å². The van der Waals surface area contributed by atoms with E-state index in [0.29, 0.717) is 43.6 Å². The Hall–Kier alpha value is -3.69. The number of rotatable bonds is 4. The van der Waals surface area contributed by atoms with Crippen molar-refractivity contribution in [3.8, 4) is 0 Å². The molecule has 0 aliphatic carbocycles. The highest BCUT2D eigenvalue weighted by Crippen LogP contribution is 2.30. The fraction of sp³-hybridized carbons (Fsp3) is 0.273. The summed E-state index contributed by atoms with van der Waals surface area (Å²) in [6.07, 6.45) is -2.73. The molecule has 1 aliphatic heterocycles. The van der Waals surface area contributed by atoms with Crippen LogP contribution >= 0.6 is 0 Å². The number of aromatic nitrogens is 3. The van der Waals surface area contributed by atoms with Gasteiger partial charge >= 0.3 is 6.18 Å². The smallest absolute Gasteiger partial charge is 0.352 e. The van der Waals surface area contributed by atoms with Crippen molar-refractivity contribution in [1.29, 1.82) is 0 Å². The zero-order chi connectivity index (χ0) is 22.7. The predicted molar refractivity (Wildman–Crippen MR) is 114 cm³/mol. The number of nitrogens with zero attached hydrogens (tertiary/aromatic N) is 5. The van der Waals surface area contributed by atoms with E-state index in [1.165, 1.54) is 12.1 Å². The van der Waals surface area contributed by atoms with Crippen LogP contribution in [0.2, 0.25) is 0 Å². The highest BCUT2D eigenvalue weighted by molar-refractivity contribution is 5.94. The van der Waals surface area contributed by atoms with E-state index in [4.69, 9.17) is 0 Å². The van der Waals surface area contributed by atoms with Crippen molar-refractivity contribution < 1.29 is 18.0 Å². The second-order valence-electron chi connectivity index (χ2n) is 7.48. The van der Waals surface area contributed by atoms with Crippen LogP contribution in [0.1, 0.15) is 21.5 Å². The molecule has 0 spiro atoms.